The van der Waals surface area contributed by atoms with Crippen molar-refractivity contribution in [1.82, 2.24) is 19.8 Å². The lowest BCUT2D eigenvalue weighted by molar-refractivity contribution is 0.504. The van der Waals surface area contributed by atoms with Crippen molar-refractivity contribution in [2.24, 2.45) is 0 Å². The van der Waals surface area contributed by atoms with Crippen LogP contribution < -0.4 is 5.32 Å². The molecule has 1 aliphatic rings. The average Bonchev–Trinajstić information content (AvgIpc) is 2.77. The van der Waals surface area contributed by atoms with Gasteiger partial charge in [0.2, 0.25) is 0 Å². The van der Waals surface area contributed by atoms with Gasteiger partial charge in [-0.15, -0.1) is 0 Å². The van der Waals surface area contributed by atoms with E-state index < -0.39 is 0 Å². The Hall–Kier alpha value is -0.940. The Balaban J connectivity index is 2.09. The highest BCUT2D eigenvalue weighted by Gasteiger charge is 2.14. The third-order valence-corrected chi connectivity index (χ3v) is 2.33. The van der Waals surface area contributed by atoms with Crippen molar-refractivity contribution in [3.63, 3.8) is 0 Å². The first-order valence-corrected chi connectivity index (χ1v) is 4.27. The first-order valence-electron chi connectivity index (χ1n) is 3.86. The second kappa shape index (κ2) is 3.20. The van der Waals surface area contributed by atoms with Crippen LogP contribution in [0.4, 0.5) is 0 Å². The smallest absolute Gasteiger partial charge is 0.182 e. The van der Waals surface area contributed by atoms with Gasteiger partial charge in [0, 0.05) is 25.5 Å². The predicted molar refractivity (Wildman–Crippen MR) is 49.8 cm³/mol. The quantitative estimate of drug-likeness (QED) is 0.567. The van der Waals surface area contributed by atoms with E-state index in [0.29, 0.717) is 0 Å². The van der Waals surface area contributed by atoms with Gasteiger partial charge in [0.15, 0.2) is 5.11 Å². The molecule has 1 aliphatic heterocycles. The second-order valence-corrected chi connectivity index (χ2v) is 3.04. The molecule has 1 saturated heterocycles. The molecule has 1 aromatic heterocycles. The maximum absolute atomic E-state index is 5.24. The van der Waals surface area contributed by atoms with Crippen LogP contribution in [0.1, 0.15) is 0 Å². The molecule has 12 heavy (non-hydrogen) atoms. The first kappa shape index (κ1) is 7.70. The van der Waals surface area contributed by atoms with Crippen molar-refractivity contribution in [2.45, 2.75) is 0 Å². The average molecular weight is 182 g/mol. The number of nitrogens with zero attached hydrogens (tertiary/aromatic N) is 3. The van der Waals surface area contributed by atoms with E-state index in [1.807, 2.05) is 10.8 Å². The molecule has 0 aliphatic carbocycles. The summed E-state index contributed by atoms with van der Waals surface area (Å²) in [5.74, 6) is 0. The molecule has 1 aromatic rings. The van der Waals surface area contributed by atoms with Crippen LogP contribution in [0.15, 0.2) is 18.7 Å². The van der Waals surface area contributed by atoms with Crippen molar-refractivity contribution in [3.8, 4) is 0 Å². The SMILES string of the molecule is S=C(N1CCNC1)n1ccnc1. The van der Waals surface area contributed by atoms with Crippen LogP contribution in [0.3, 0.4) is 0 Å². The molecule has 2 rings (SSSR count). The first-order chi connectivity index (χ1) is 5.88. The maximum Gasteiger partial charge on any atom is 0.182 e. The molecule has 0 radical (unpaired) electrons. The van der Waals surface area contributed by atoms with E-state index in [4.69, 9.17) is 12.2 Å². The third kappa shape index (κ3) is 1.33. The Morgan fingerprint density at radius 3 is 3.08 bits per heavy atom. The number of thiocarbonyl (C=S) groups is 1. The zero-order valence-electron chi connectivity index (χ0n) is 6.60. The zero-order valence-corrected chi connectivity index (χ0v) is 7.42. The molecule has 4 nitrogen and oxygen atoms in total. The van der Waals surface area contributed by atoms with E-state index in [1.54, 1.807) is 12.5 Å². The molecule has 0 atom stereocenters. The van der Waals surface area contributed by atoms with E-state index in [2.05, 4.69) is 15.2 Å². The molecule has 2 heterocycles. The van der Waals surface area contributed by atoms with Gasteiger partial charge in [-0.1, -0.05) is 0 Å². The number of hydrogen-bond acceptors (Lipinski definition) is 3. The van der Waals surface area contributed by atoms with Gasteiger partial charge in [0.25, 0.3) is 0 Å². The van der Waals surface area contributed by atoms with Crippen molar-refractivity contribution in [3.05, 3.63) is 18.7 Å². The van der Waals surface area contributed by atoms with Crippen molar-refractivity contribution in [1.29, 1.82) is 0 Å². The Morgan fingerprint density at radius 1 is 1.58 bits per heavy atom. The van der Waals surface area contributed by atoms with Gasteiger partial charge in [-0.25, -0.2) is 4.98 Å². The molecule has 0 saturated carbocycles. The van der Waals surface area contributed by atoms with E-state index in [-0.39, 0.29) is 0 Å². The van der Waals surface area contributed by atoms with E-state index in [1.165, 1.54) is 0 Å². The molecule has 64 valence electrons. The van der Waals surface area contributed by atoms with Crippen LogP contribution in [0, 0.1) is 0 Å². The number of nitrogens with one attached hydrogen (secondary N) is 1. The summed E-state index contributed by atoms with van der Waals surface area (Å²) in [6, 6.07) is 0. The van der Waals surface area contributed by atoms with Crippen LogP contribution in [0.5, 0.6) is 0 Å². The van der Waals surface area contributed by atoms with Gasteiger partial charge in [0.05, 0.1) is 6.67 Å². The molecule has 0 unspecified atom stereocenters. The fraction of sp³-hybridized carbons (Fsp3) is 0.429. The molecule has 1 fully saturated rings. The number of rotatable bonds is 0. The van der Waals surface area contributed by atoms with Crippen molar-refractivity contribution < 1.29 is 0 Å². The summed E-state index contributed by atoms with van der Waals surface area (Å²) in [4.78, 5) is 6.05. The number of aromatic nitrogens is 2. The van der Waals surface area contributed by atoms with Gasteiger partial charge in [-0.05, 0) is 12.2 Å². The van der Waals surface area contributed by atoms with Crippen LogP contribution in [0.25, 0.3) is 0 Å². The van der Waals surface area contributed by atoms with Crippen molar-refractivity contribution >= 4 is 17.3 Å². The molecular formula is C7H10N4S. The molecule has 0 aromatic carbocycles. The van der Waals surface area contributed by atoms with Gasteiger partial charge in [-0.2, -0.15) is 0 Å². The van der Waals surface area contributed by atoms with E-state index >= 15 is 0 Å². The lowest BCUT2D eigenvalue weighted by Crippen LogP contribution is -2.32. The lowest BCUT2D eigenvalue weighted by atomic mass is 10.6. The molecule has 1 N–H and O–H groups in total. The Morgan fingerprint density at radius 2 is 2.50 bits per heavy atom. The molecular weight excluding hydrogens is 172 g/mol. The summed E-state index contributed by atoms with van der Waals surface area (Å²) in [6.45, 7) is 2.84. The highest BCUT2D eigenvalue weighted by molar-refractivity contribution is 7.80. The highest BCUT2D eigenvalue weighted by Crippen LogP contribution is 1.98. The molecule has 0 spiro atoms. The summed E-state index contributed by atoms with van der Waals surface area (Å²) in [5.41, 5.74) is 0. The lowest BCUT2D eigenvalue weighted by Gasteiger charge is -2.17. The van der Waals surface area contributed by atoms with Gasteiger partial charge < -0.3 is 4.90 Å². The van der Waals surface area contributed by atoms with E-state index in [9.17, 15) is 0 Å². The topological polar surface area (TPSA) is 33.1 Å². The van der Waals surface area contributed by atoms with Crippen LogP contribution in [-0.2, 0) is 0 Å². The zero-order chi connectivity index (χ0) is 8.39. The summed E-state index contributed by atoms with van der Waals surface area (Å²) >= 11 is 5.24. The van der Waals surface area contributed by atoms with Crippen LogP contribution in [-0.4, -0.2) is 39.3 Å². The minimum Gasteiger partial charge on any atom is -0.334 e. The molecule has 0 amide bonds. The summed E-state index contributed by atoms with van der Waals surface area (Å²) in [7, 11) is 0. The maximum atomic E-state index is 5.24. The Bertz CT molecular complexity index is 263. The number of hydrogen-bond donors (Lipinski definition) is 1. The van der Waals surface area contributed by atoms with Gasteiger partial charge in [-0.3, -0.25) is 9.88 Å². The third-order valence-electron chi connectivity index (χ3n) is 1.86. The Kier molecular flexibility index (Phi) is 2.05. The van der Waals surface area contributed by atoms with E-state index in [0.717, 1.165) is 24.9 Å². The largest absolute Gasteiger partial charge is 0.334 e. The van der Waals surface area contributed by atoms with Crippen LogP contribution >= 0.6 is 12.2 Å². The molecule has 5 heteroatoms. The highest BCUT2D eigenvalue weighted by atomic mass is 32.1. The van der Waals surface area contributed by atoms with Crippen LogP contribution in [0.2, 0.25) is 0 Å². The normalized spacial score (nSPS) is 16.8. The number of imidazole rings is 1. The standard InChI is InChI=1S/C7H10N4S/c12-7(10-3-1-8-5-10)11-4-2-9-6-11/h1,3,5,9H,2,4,6H2. The Labute approximate surface area is 76.2 Å². The monoisotopic (exact) mass is 182 g/mol. The van der Waals surface area contributed by atoms with Gasteiger partial charge in [0.1, 0.15) is 6.33 Å². The fourth-order valence-corrected chi connectivity index (χ4v) is 1.47. The summed E-state index contributed by atoms with van der Waals surface area (Å²) in [6.07, 6.45) is 5.32. The molecule has 0 bridgehead atoms. The van der Waals surface area contributed by atoms with Crippen molar-refractivity contribution in [2.75, 3.05) is 19.8 Å². The summed E-state index contributed by atoms with van der Waals surface area (Å²) in [5, 5.41) is 4.04. The predicted octanol–water partition coefficient (Wildman–Crippen LogP) is -0.121. The van der Waals surface area contributed by atoms with Gasteiger partial charge >= 0.3 is 0 Å². The minimum absolute atomic E-state index is 0.817. The summed E-state index contributed by atoms with van der Waals surface area (Å²) < 4.78 is 1.85. The minimum atomic E-state index is 0.817. The fourth-order valence-electron chi connectivity index (χ4n) is 1.21. The second-order valence-electron chi connectivity index (χ2n) is 2.67.